The quantitative estimate of drug-likeness (QED) is 0.287. The van der Waals surface area contributed by atoms with Crippen LogP contribution in [0.2, 0.25) is 5.02 Å². The third-order valence-electron chi connectivity index (χ3n) is 4.49. The number of esters is 1. The van der Waals surface area contributed by atoms with E-state index >= 15 is 0 Å². The molecule has 1 saturated heterocycles. The SMILES string of the molecule is CN=C(NCc1nc(-c2cccc(Cl)c2)no1)N1CCC(C(=O)OC)CC1.I. The van der Waals surface area contributed by atoms with Gasteiger partial charge in [-0.05, 0) is 25.0 Å². The molecular weight excluding hydrogens is 497 g/mol. The summed E-state index contributed by atoms with van der Waals surface area (Å²) >= 11 is 6.00. The van der Waals surface area contributed by atoms with Crippen molar-refractivity contribution in [3.05, 3.63) is 35.2 Å². The number of benzene rings is 1. The minimum Gasteiger partial charge on any atom is -0.469 e. The standard InChI is InChI=1S/C18H22ClN5O3.HI/c1-20-18(24-8-6-12(7-9-24)17(25)26-2)21-11-15-22-16(23-27-15)13-4-3-5-14(19)10-13;/h3-5,10,12H,6-9,11H2,1-2H3,(H,20,21);1H. The van der Waals surface area contributed by atoms with Gasteiger partial charge >= 0.3 is 5.97 Å². The zero-order chi connectivity index (χ0) is 19.2. The minimum atomic E-state index is -0.142. The van der Waals surface area contributed by atoms with Gasteiger partial charge in [-0.15, -0.1) is 24.0 Å². The highest BCUT2D eigenvalue weighted by Gasteiger charge is 2.27. The van der Waals surface area contributed by atoms with Crippen LogP contribution in [0.3, 0.4) is 0 Å². The van der Waals surface area contributed by atoms with Crippen molar-refractivity contribution in [1.29, 1.82) is 0 Å². The number of guanidine groups is 1. The third-order valence-corrected chi connectivity index (χ3v) is 4.72. The number of carbonyl (C=O) groups excluding carboxylic acids is 1. The van der Waals surface area contributed by atoms with Crippen LogP contribution in [0.25, 0.3) is 11.4 Å². The lowest BCUT2D eigenvalue weighted by atomic mass is 9.97. The lowest BCUT2D eigenvalue weighted by molar-refractivity contribution is -0.146. The number of hydrogen-bond donors (Lipinski definition) is 1. The summed E-state index contributed by atoms with van der Waals surface area (Å²) in [4.78, 5) is 22.4. The Bertz CT molecular complexity index is 821. The Morgan fingerprint density at radius 2 is 2.18 bits per heavy atom. The van der Waals surface area contributed by atoms with Crippen molar-refractivity contribution in [2.45, 2.75) is 19.4 Å². The highest BCUT2D eigenvalue weighted by molar-refractivity contribution is 14.0. The van der Waals surface area contributed by atoms with Crippen LogP contribution in [-0.4, -0.2) is 54.2 Å². The predicted octanol–water partition coefficient (Wildman–Crippen LogP) is 2.97. The van der Waals surface area contributed by atoms with E-state index in [1.165, 1.54) is 7.11 Å². The molecule has 1 N–H and O–H groups in total. The molecule has 1 aliphatic rings. The van der Waals surface area contributed by atoms with Gasteiger partial charge in [-0.1, -0.05) is 28.9 Å². The van der Waals surface area contributed by atoms with Gasteiger partial charge in [0.2, 0.25) is 11.7 Å². The van der Waals surface area contributed by atoms with E-state index in [0.29, 0.717) is 23.3 Å². The second-order valence-electron chi connectivity index (χ2n) is 6.21. The molecule has 0 bridgehead atoms. The molecule has 1 aliphatic heterocycles. The summed E-state index contributed by atoms with van der Waals surface area (Å²) in [6.45, 7) is 1.82. The molecule has 1 aromatic carbocycles. The summed E-state index contributed by atoms with van der Waals surface area (Å²) in [6.07, 6.45) is 1.49. The lowest BCUT2D eigenvalue weighted by Gasteiger charge is -2.32. The fourth-order valence-electron chi connectivity index (χ4n) is 3.05. The number of rotatable bonds is 4. The van der Waals surface area contributed by atoms with Crippen molar-refractivity contribution in [2.24, 2.45) is 10.9 Å². The van der Waals surface area contributed by atoms with E-state index in [-0.39, 0.29) is 35.9 Å². The van der Waals surface area contributed by atoms with E-state index in [0.717, 1.165) is 37.5 Å². The monoisotopic (exact) mass is 519 g/mol. The summed E-state index contributed by atoms with van der Waals surface area (Å²) in [5.74, 6) is 1.50. The van der Waals surface area contributed by atoms with E-state index in [4.69, 9.17) is 20.9 Å². The minimum absolute atomic E-state index is 0. The number of halogens is 2. The molecule has 2 heterocycles. The predicted molar refractivity (Wildman–Crippen MR) is 117 cm³/mol. The van der Waals surface area contributed by atoms with Gasteiger partial charge in [0.1, 0.15) is 0 Å². The highest BCUT2D eigenvalue weighted by atomic mass is 127. The molecule has 1 aromatic heterocycles. The molecule has 152 valence electrons. The number of nitrogens with one attached hydrogen (secondary N) is 1. The largest absolute Gasteiger partial charge is 0.469 e. The zero-order valence-corrected chi connectivity index (χ0v) is 18.8. The van der Waals surface area contributed by atoms with Gasteiger partial charge in [0.05, 0.1) is 19.6 Å². The van der Waals surface area contributed by atoms with Crippen molar-refractivity contribution in [3.8, 4) is 11.4 Å². The number of likely N-dealkylation sites (tertiary alicyclic amines) is 1. The normalized spacial score (nSPS) is 15.1. The maximum absolute atomic E-state index is 11.6. The Morgan fingerprint density at radius 1 is 1.43 bits per heavy atom. The van der Waals surface area contributed by atoms with Crippen molar-refractivity contribution < 1.29 is 14.1 Å². The Morgan fingerprint density at radius 3 is 2.82 bits per heavy atom. The fourth-order valence-corrected chi connectivity index (χ4v) is 3.24. The molecule has 8 nitrogen and oxygen atoms in total. The van der Waals surface area contributed by atoms with Crippen molar-refractivity contribution in [1.82, 2.24) is 20.4 Å². The smallest absolute Gasteiger partial charge is 0.308 e. The van der Waals surface area contributed by atoms with Gasteiger partial charge in [0.25, 0.3) is 0 Å². The van der Waals surface area contributed by atoms with Gasteiger partial charge in [0.15, 0.2) is 5.96 Å². The molecular formula is C18H23ClIN5O3. The zero-order valence-electron chi connectivity index (χ0n) is 15.7. The number of methoxy groups -OCH3 is 1. The van der Waals surface area contributed by atoms with Crippen LogP contribution in [0.4, 0.5) is 0 Å². The number of nitrogens with zero attached hydrogens (tertiary/aromatic N) is 4. The molecule has 0 radical (unpaired) electrons. The van der Waals surface area contributed by atoms with Gasteiger partial charge < -0.3 is 19.5 Å². The van der Waals surface area contributed by atoms with E-state index < -0.39 is 0 Å². The number of aromatic nitrogens is 2. The van der Waals surface area contributed by atoms with Crippen LogP contribution in [0.1, 0.15) is 18.7 Å². The number of ether oxygens (including phenoxy) is 1. The Kier molecular flexibility index (Phi) is 8.49. The van der Waals surface area contributed by atoms with Gasteiger partial charge in [-0.25, -0.2) is 0 Å². The molecule has 2 aromatic rings. The molecule has 0 aliphatic carbocycles. The second kappa shape index (κ2) is 10.6. The average Bonchev–Trinajstić information content (AvgIpc) is 3.17. The van der Waals surface area contributed by atoms with Crippen LogP contribution in [-0.2, 0) is 16.1 Å². The lowest BCUT2D eigenvalue weighted by Crippen LogP contribution is -2.46. The number of hydrogen-bond acceptors (Lipinski definition) is 6. The topological polar surface area (TPSA) is 92.9 Å². The maximum atomic E-state index is 11.6. The fraction of sp³-hybridized carbons (Fsp3) is 0.444. The first-order valence-electron chi connectivity index (χ1n) is 8.72. The molecule has 1 fully saturated rings. The van der Waals surface area contributed by atoms with Gasteiger partial charge in [-0.2, -0.15) is 4.98 Å². The van der Waals surface area contributed by atoms with Crippen LogP contribution in [0, 0.1) is 5.92 Å². The molecule has 10 heteroatoms. The van der Waals surface area contributed by atoms with Crippen LogP contribution < -0.4 is 5.32 Å². The van der Waals surface area contributed by atoms with Crippen molar-refractivity contribution >= 4 is 47.5 Å². The first-order valence-corrected chi connectivity index (χ1v) is 9.10. The molecule has 0 saturated carbocycles. The van der Waals surface area contributed by atoms with Crippen molar-refractivity contribution in [3.63, 3.8) is 0 Å². The molecule has 0 atom stereocenters. The summed E-state index contributed by atoms with van der Waals surface area (Å²) in [6, 6.07) is 7.29. The first-order chi connectivity index (χ1) is 13.1. The van der Waals surface area contributed by atoms with Crippen LogP contribution >= 0.6 is 35.6 Å². The number of carbonyl (C=O) groups is 1. The molecule has 0 amide bonds. The summed E-state index contributed by atoms with van der Waals surface area (Å²) in [7, 11) is 3.15. The van der Waals surface area contributed by atoms with Crippen molar-refractivity contribution in [2.75, 3.05) is 27.2 Å². The first kappa shape index (κ1) is 22.4. The Labute approximate surface area is 185 Å². The number of piperidine rings is 1. The van der Waals surface area contributed by atoms with E-state index in [1.807, 2.05) is 12.1 Å². The Balaban J connectivity index is 0.00000280. The Hall–Kier alpha value is -1.88. The average molecular weight is 520 g/mol. The van der Waals surface area contributed by atoms with E-state index in [9.17, 15) is 4.79 Å². The third kappa shape index (κ3) is 5.57. The molecule has 3 rings (SSSR count). The number of aliphatic imine (C=N–C) groups is 1. The molecule has 0 unspecified atom stereocenters. The summed E-state index contributed by atoms with van der Waals surface area (Å²) in [5, 5.41) is 7.84. The van der Waals surface area contributed by atoms with E-state index in [1.54, 1.807) is 19.2 Å². The molecule has 28 heavy (non-hydrogen) atoms. The maximum Gasteiger partial charge on any atom is 0.308 e. The van der Waals surface area contributed by atoms with Gasteiger partial charge in [-0.3, -0.25) is 9.79 Å². The second-order valence-corrected chi connectivity index (χ2v) is 6.64. The van der Waals surface area contributed by atoms with Crippen LogP contribution in [0.5, 0.6) is 0 Å². The highest BCUT2D eigenvalue weighted by Crippen LogP contribution is 2.20. The van der Waals surface area contributed by atoms with Crippen LogP contribution in [0.15, 0.2) is 33.8 Å². The van der Waals surface area contributed by atoms with Gasteiger partial charge in [0, 0.05) is 30.7 Å². The molecule has 0 spiro atoms. The summed E-state index contributed by atoms with van der Waals surface area (Å²) in [5.41, 5.74) is 0.798. The summed E-state index contributed by atoms with van der Waals surface area (Å²) < 4.78 is 10.1. The van der Waals surface area contributed by atoms with E-state index in [2.05, 4.69) is 25.3 Å².